The van der Waals surface area contributed by atoms with E-state index in [1.165, 1.54) is 135 Å². The van der Waals surface area contributed by atoms with Gasteiger partial charge in [0.25, 0.3) is 0 Å². The van der Waals surface area contributed by atoms with Crippen LogP contribution in [0.2, 0.25) is 0 Å². The molecule has 0 aromatic heterocycles. The fraction of sp³-hybridized carbons (Fsp3) is 0.964. The van der Waals surface area contributed by atoms with E-state index in [0.29, 0.717) is 0 Å². The van der Waals surface area contributed by atoms with Gasteiger partial charge in [-0.15, -0.1) is 0 Å². The molecule has 0 aliphatic rings. The molecule has 0 bridgehead atoms. The molecule has 0 aliphatic heterocycles. The Hall–Kier alpha value is -0.530. The van der Waals surface area contributed by atoms with Gasteiger partial charge in [-0.2, -0.15) is 0 Å². The van der Waals surface area contributed by atoms with Gasteiger partial charge in [0, 0.05) is 13.0 Å². The molecular formula is C28H57NO. The van der Waals surface area contributed by atoms with Gasteiger partial charge in [0.1, 0.15) is 0 Å². The minimum atomic E-state index is 0.272. The van der Waals surface area contributed by atoms with E-state index >= 15 is 0 Å². The third-order valence-corrected chi connectivity index (χ3v) is 6.36. The van der Waals surface area contributed by atoms with Crippen molar-refractivity contribution in [2.45, 2.75) is 168 Å². The van der Waals surface area contributed by atoms with E-state index in [0.717, 1.165) is 25.8 Å². The van der Waals surface area contributed by atoms with E-state index in [1.807, 2.05) is 0 Å². The maximum Gasteiger partial charge on any atom is 0.219 e. The first-order chi connectivity index (χ1) is 14.8. The third kappa shape index (κ3) is 25.5. The van der Waals surface area contributed by atoms with Crippen LogP contribution in [0.4, 0.5) is 0 Å². The molecule has 0 spiro atoms. The standard InChI is InChI=1S/C28H57NO/c1-3-5-7-9-11-13-15-16-17-18-20-22-24-26-28(30)29-27-25-23-21-19-14-12-10-8-6-4-2/h3-27H2,1-2H3,(H,29,30). The van der Waals surface area contributed by atoms with E-state index in [4.69, 9.17) is 0 Å². The second kappa shape index (κ2) is 26.5. The van der Waals surface area contributed by atoms with Crippen molar-refractivity contribution in [1.82, 2.24) is 5.32 Å². The molecule has 0 aromatic carbocycles. The van der Waals surface area contributed by atoms with E-state index in [2.05, 4.69) is 19.2 Å². The highest BCUT2D eigenvalue weighted by atomic mass is 16.1. The van der Waals surface area contributed by atoms with Crippen LogP contribution < -0.4 is 5.32 Å². The highest BCUT2D eigenvalue weighted by Crippen LogP contribution is 2.13. The van der Waals surface area contributed by atoms with E-state index in [-0.39, 0.29) is 5.91 Å². The predicted molar refractivity (Wildman–Crippen MR) is 135 cm³/mol. The predicted octanol–water partition coefficient (Wildman–Crippen LogP) is 9.50. The van der Waals surface area contributed by atoms with E-state index in [9.17, 15) is 4.79 Å². The molecule has 0 saturated carbocycles. The maximum absolute atomic E-state index is 11.9. The highest BCUT2D eigenvalue weighted by Gasteiger charge is 2.01. The molecule has 1 amide bonds. The van der Waals surface area contributed by atoms with Crippen molar-refractivity contribution in [1.29, 1.82) is 0 Å². The van der Waals surface area contributed by atoms with Crippen LogP contribution in [-0.4, -0.2) is 12.5 Å². The number of hydrogen-bond acceptors (Lipinski definition) is 1. The van der Waals surface area contributed by atoms with Crippen LogP contribution in [0.1, 0.15) is 168 Å². The van der Waals surface area contributed by atoms with Crippen molar-refractivity contribution < 1.29 is 4.79 Å². The molecule has 0 aliphatic carbocycles. The Morgan fingerprint density at radius 3 is 1.10 bits per heavy atom. The van der Waals surface area contributed by atoms with Gasteiger partial charge in [-0.3, -0.25) is 4.79 Å². The highest BCUT2D eigenvalue weighted by molar-refractivity contribution is 5.75. The van der Waals surface area contributed by atoms with Crippen molar-refractivity contribution in [3.63, 3.8) is 0 Å². The summed E-state index contributed by atoms with van der Waals surface area (Å²) < 4.78 is 0. The molecule has 2 nitrogen and oxygen atoms in total. The summed E-state index contributed by atoms with van der Waals surface area (Å²) in [5.41, 5.74) is 0. The van der Waals surface area contributed by atoms with Gasteiger partial charge in [-0.05, 0) is 12.8 Å². The fourth-order valence-corrected chi connectivity index (χ4v) is 4.23. The third-order valence-electron chi connectivity index (χ3n) is 6.36. The SMILES string of the molecule is CCCCCCCCCCCCCCCC(=O)NCCCCCCCCCCCC. The number of carbonyl (C=O) groups is 1. The molecule has 30 heavy (non-hydrogen) atoms. The van der Waals surface area contributed by atoms with Crippen molar-refractivity contribution in [2.24, 2.45) is 0 Å². The summed E-state index contributed by atoms with van der Waals surface area (Å²) in [4.78, 5) is 11.9. The van der Waals surface area contributed by atoms with Crippen LogP contribution in [0.25, 0.3) is 0 Å². The van der Waals surface area contributed by atoms with Gasteiger partial charge in [0.15, 0.2) is 0 Å². The fourth-order valence-electron chi connectivity index (χ4n) is 4.23. The summed E-state index contributed by atoms with van der Waals surface area (Å²) in [5, 5.41) is 3.11. The Labute approximate surface area is 190 Å². The Morgan fingerprint density at radius 2 is 0.733 bits per heavy atom. The Kier molecular flexibility index (Phi) is 26.0. The largest absolute Gasteiger partial charge is 0.356 e. The normalized spacial score (nSPS) is 11.1. The second-order valence-electron chi connectivity index (χ2n) is 9.52. The molecule has 0 rings (SSSR count). The Bertz CT molecular complexity index is 329. The van der Waals surface area contributed by atoms with Crippen LogP contribution >= 0.6 is 0 Å². The maximum atomic E-state index is 11.9. The molecule has 2 heteroatoms. The van der Waals surface area contributed by atoms with Crippen molar-refractivity contribution in [3.8, 4) is 0 Å². The molecule has 0 aromatic rings. The molecular weight excluding hydrogens is 366 g/mol. The number of carbonyl (C=O) groups excluding carboxylic acids is 1. The van der Waals surface area contributed by atoms with Crippen LogP contribution in [0.3, 0.4) is 0 Å². The molecule has 0 saturated heterocycles. The minimum Gasteiger partial charge on any atom is -0.356 e. The summed E-state index contributed by atoms with van der Waals surface area (Å²) in [6, 6.07) is 0. The zero-order valence-corrected chi connectivity index (χ0v) is 21.1. The lowest BCUT2D eigenvalue weighted by molar-refractivity contribution is -0.121. The number of nitrogens with one attached hydrogen (secondary N) is 1. The van der Waals surface area contributed by atoms with Crippen LogP contribution in [0.5, 0.6) is 0 Å². The quantitative estimate of drug-likeness (QED) is 0.145. The van der Waals surface area contributed by atoms with Gasteiger partial charge in [0.05, 0.1) is 0 Å². The smallest absolute Gasteiger partial charge is 0.219 e. The summed E-state index contributed by atoms with van der Waals surface area (Å²) in [5.74, 6) is 0.272. The zero-order chi connectivity index (χ0) is 22.0. The summed E-state index contributed by atoms with van der Waals surface area (Å²) in [7, 11) is 0. The summed E-state index contributed by atoms with van der Waals surface area (Å²) >= 11 is 0. The number of amides is 1. The number of hydrogen-bond donors (Lipinski definition) is 1. The molecule has 180 valence electrons. The number of unbranched alkanes of at least 4 members (excludes halogenated alkanes) is 21. The van der Waals surface area contributed by atoms with Gasteiger partial charge in [0.2, 0.25) is 5.91 Å². The lowest BCUT2D eigenvalue weighted by atomic mass is 10.0. The average molecular weight is 424 g/mol. The molecule has 0 fully saturated rings. The second-order valence-corrected chi connectivity index (χ2v) is 9.52. The Morgan fingerprint density at radius 1 is 0.433 bits per heavy atom. The van der Waals surface area contributed by atoms with Gasteiger partial charge < -0.3 is 5.32 Å². The van der Waals surface area contributed by atoms with Crippen molar-refractivity contribution >= 4 is 5.91 Å². The van der Waals surface area contributed by atoms with Crippen molar-refractivity contribution in [3.05, 3.63) is 0 Å². The molecule has 0 radical (unpaired) electrons. The lowest BCUT2D eigenvalue weighted by Crippen LogP contribution is -2.23. The molecule has 0 heterocycles. The first kappa shape index (κ1) is 29.5. The van der Waals surface area contributed by atoms with E-state index in [1.54, 1.807) is 0 Å². The van der Waals surface area contributed by atoms with Gasteiger partial charge in [-0.1, -0.05) is 149 Å². The molecule has 0 unspecified atom stereocenters. The van der Waals surface area contributed by atoms with E-state index < -0.39 is 0 Å². The minimum absolute atomic E-state index is 0.272. The summed E-state index contributed by atoms with van der Waals surface area (Å²) in [6.07, 6.45) is 31.9. The topological polar surface area (TPSA) is 29.1 Å². The average Bonchev–Trinajstić information content (AvgIpc) is 2.75. The zero-order valence-electron chi connectivity index (χ0n) is 21.1. The summed E-state index contributed by atoms with van der Waals surface area (Å²) in [6.45, 7) is 5.44. The molecule has 0 atom stereocenters. The van der Waals surface area contributed by atoms with Crippen LogP contribution in [0, 0.1) is 0 Å². The monoisotopic (exact) mass is 423 g/mol. The van der Waals surface area contributed by atoms with Gasteiger partial charge >= 0.3 is 0 Å². The lowest BCUT2D eigenvalue weighted by Gasteiger charge is -2.06. The van der Waals surface area contributed by atoms with Crippen LogP contribution in [0.15, 0.2) is 0 Å². The Balaban J connectivity index is 3.13. The van der Waals surface area contributed by atoms with Crippen molar-refractivity contribution in [2.75, 3.05) is 6.54 Å². The van der Waals surface area contributed by atoms with Gasteiger partial charge in [-0.25, -0.2) is 0 Å². The molecule has 1 N–H and O–H groups in total. The first-order valence-corrected chi connectivity index (χ1v) is 14.1. The number of rotatable bonds is 25. The first-order valence-electron chi connectivity index (χ1n) is 14.1. The van der Waals surface area contributed by atoms with Crippen LogP contribution in [-0.2, 0) is 4.79 Å².